The van der Waals surface area contributed by atoms with E-state index >= 15 is 0 Å². The Morgan fingerprint density at radius 3 is 2.20 bits per heavy atom. The molecule has 0 amide bonds. The van der Waals surface area contributed by atoms with Crippen LogP contribution in [-0.4, -0.2) is 20.3 Å². The predicted molar refractivity (Wildman–Crippen MR) is 70.0 cm³/mol. The van der Waals surface area contributed by atoms with Crippen molar-refractivity contribution in [3.05, 3.63) is 12.2 Å². The van der Waals surface area contributed by atoms with E-state index in [1.165, 1.54) is 11.6 Å². The molecular formula is C13H26OSi. The van der Waals surface area contributed by atoms with E-state index in [0.717, 1.165) is 13.0 Å². The first-order valence-corrected chi connectivity index (χ1v) is 9.57. The first kappa shape index (κ1) is 13.0. The fraction of sp³-hybridized carbons (Fsp3) is 0.846. The van der Waals surface area contributed by atoms with Gasteiger partial charge in [0.1, 0.15) is 0 Å². The van der Waals surface area contributed by atoms with Gasteiger partial charge in [0.15, 0.2) is 0 Å². The normalized spacial score (nSPS) is 26.5. The van der Waals surface area contributed by atoms with Gasteiger partial charge in [-0.2, -0.15) is 0 Å². The highest BCUT2D eigenvalue weighted by Crippen LogP contribution is 2.44. The fourth-order valence-electron chi connectivity index (χ4n) is 2.16. The summed E-state index contributed by atoms with van der Waals surface area (Å²) in [6.07, 6.45) is 1.11. The van der Waals surface area contributed by atoms with Crippen molar-refractivity contribution < 1.29 is 4.74 Å². The smallest absolute Gasteiger partial charge is 0.0896 e. The van der Waals surface area contributed by atoms with Gasteiger partial charge in [0.05, 0.1) is 12.2 Å². The lowest BCUT2D eigenvalue weighted by molar-refractivity contribution is 0.242. The van der Waals surface area contributed by atoms with Gasteiger partial charge in [-0.15, -0.1) is 0 Å². The molecule has 0 aromatic carbocycles. The zero-order valence-electron chi connectivity index (χ0n) is 11.2. The Balaban J connectivity index is 2.56. The average molecular weight is 226 g/mol. The van der Waals surface area contributed by atoms with Crippen molar-refractivity contribution in [2.24, 2.45) is 5.41 Å². The molecule has 0 bridgehead atoms. The molecule has 0 radical (unpaired) electrons. The molecular weight excluding hydrogens is 200 g/mol. The van der Waals surface area contributed by atoms with E-state index in [9.17, 15) is 0 Å². The highest BCUT2D eigenvalue weighted by Gasteiger charge is 2.44. The first-order valence-electron chi connectivity index (χ1n) is 5.86. The van der Waals surface area contributed by atoms with E-state index in [1.807, 2.05) is 0 Å². The maximum atomic E-state index is 5.48. The molecule has 15 heavy (non-hydrogen) atoms. The van der Waals surface area contributed by atoms with Crippen LogP contribution in [0.2, 0.25) is 25.7 Å². The maximum absolute atomic E-state index is 5.48. The summed E-state index contributed by atoms with van der Waals surface area (Å²) in [5, 5.41) is 0. The Morgan fingerprint density at radius 1 is 1.40 bits per heavy atom. The number of epoxide rings is 1. The largest absolute Gasteiger partial charge is 0.370 e. The van der Waals surface area contributed by atoms with Crippen LogP contribution < -0.4 is 0 Å². The third-order valence-electron chi connectivity index (χ3n) is 3.15. The Labute approximate surface area is 95.9 Å². The highest BCUT2D eigenvalue weighted by molar-refractivity contribution is 6.76. The summed E-state index contributed by atoms with van der Waals surface area (Å²) in [5.74, 6) is 0. The van der Waals surface area contributed by atoms with Gasteiger partial charge in [0.2, 0.25) is 0 Å². The summed E-state index contributed by atoms with van der Waals surface area (Å²) in [5.41, 5.74) is 1.79. The summed E-state index contributed by atoms with van der Waals surface area (Å²) in [6.45, 7) is 19.3. The van der Waals surface area contributed by atoms with Gasteiger partial charge < -0.3 is 4.74 Å². The molecule has 0 N–H and O–H groups in total. The molecule has 1 rings (SSSR count). The second kappa shape index (κ2) is 3.74. The summed E-state index contributed by atoms with van der Waals surface area (Å²) < 4.78 is 5.48. The van der Waals surface area contributed by atoms with E-state index < -0.39 is 8.07 Å². The van der Waals surface area contributed by atoms with E-state index in [4.69, 9.17) is 4.74 Å². The second-order valence-electron chi connectivity index (χ2n) is 7.14. The molecule has 1 heterocycles. The average Bonchev–Trinajstić information content (AvgIpc) is 2.62. The van der Waals surface area contributed by atoms with E-state index in [1.54, 1.807) is 0 Å². The summed E-state index contributed by atoms with van der Waals surface area (Å²) in [7, 11) is -1.03. The van der Waals surface area contributed by atoms with Crippen molar-refractivity contribution >= 4 is 8.07 Å². The van der Waals surface area contributed by atoms with Gasteiger partial charge >= 0.3 is 0 Å². The van der Waals surface area contributed by atoms with Crippen molar-refractivity contribution in [2.45, 2.75) is 58.5 Å². The maximum Gasteiger partial charge on any atom is 0.0896 e. The minimum atomic E-state index is -1.03. The minimum Gasteiger partial charge on any atom is -0.370 e. The minimum absolute atomic E-state index is 0.145. The van der Waals surface area contributed by atoms with Crippen molar-refractivity contribution in [3.63, 3.8) is 0 Å². The van der Waals surface area contributed by atoms with Crippen molar-refractivity contribution in [3.8, 4) is 0 Å². The number of hydrogen-bond acceptors (Lipinski definition) is 1. The predicted octanol–water partition coefficient (Wildman–Crippen LogP) is 4.09. The monoisotopic (exact) mass is 226 g/mol. The van der Waals surface area contributed by atoms with E-state index in [0.29, 0.717) is 0 Å². The third-order valence-corrected chi connectivity index (χ3v) is 4.64. The quantitative estimate of drug-likeness (QED) is 0.391. The van der Waals surface area contributed by atoms with Gasteiger partial charge in [0, 0.05) is 8.07 Å². The topological polar surface area (TPSA) is 12.5 Å². The number of hydrogen-bond donors (Lipinski definition) is 0. The number of rotatable bonds is 5. The molecule has 1 aliphatic heterocycles. The molecule has 0 aromatic rings. The van der Waals surface area contributed by atoms with Crippen LogP contribution in [0.25, 0.3) is 0 Å². The molecule has 1 unspecified atom stereocenters. The lowest BCUT2D eigenvalue weighted by Crippen LogP contribution is -2.28. The Hall–Kier alpha value is -0.0831. The first-order chi connectivity index (χ1) is 6.54. The molecule has 1 aliphatic rings. The van der Waals surface area contributed by atoms with Crippen LogP contribution in [-0.2, 0) is 4.74 Å². The highest BCUT2D eigenvalue weighted by atomic mass is 28.3. The molecule has 2 heteroatoms. The van der Waals surface area contributed by atoms with Crippen LogP contribution in [0, 0.1) is 5.41 Å². The summed E-state index contributed by atoms with van der Waals surface area (Å²) in [4.78, 5) is 0. The molecule has 0 aromatic heterocycles. The lowest BCUT2D eigenvalue weighted by Gasteiger charge is -2.32. The van der Waals surface area contributed by atoms with Crippen LogP contribution in [0.5, 0.6) is 0 Å². The van der Waals surface area contributed by atoms with Gasteiger partial charge in [0.25, 0.3) is 0 Å². The van der Waals surface area contributed by atoms with Gasteiger partial charge in [-0.3, -0.25) is 0 Å². The summed E-state index contributed by atoms with van der Waals surface area (Å²) in [6, 6.07) is 1.23. The van der Waals surface area contributed by atoms with Gasteiger partial charge in [-0.05, 0) is 24.8 Å². The van der Waals surface area contributed by atoms with Crippen molar-refractivity contribution in [1.82, 2.24) is 0 Å². The molecule has 1 fully saturated rings. The zero-order chi connectivity index (χ0) is 11.9. The van der Waals surface area contributed by atoms with Crippen LogP contribution in [0.15, 0.2) is 12.2 Å². The molecule has 1 atom stereocenters. The van der Waals surface area contributed by atoms with Gasteiger partial charge in [-0.25, -0.2) is 0 Å². The van der Waals surface area contributed by atoms with Gasteiger partial charge in [-0.1, -0.05) is 45.6 Å². The van der Waals surface area contributed by atoms with E-state index in [-0.39, 0.29) is 11.0 Å². The zero-order valence-corrected chi connectivity index (χ0v) is 12.2. The fourth-order valence-corrected chi connectivity index (χ4v) is 3.92. The molecule has 1 saturated heterocycles. The van der Waals surface area contributed by atoms with Crippen LogP contribution >= 0.6 is 0 Å². The Kier molecular flexibility index (Phi) is 3.24. The summed E-state index contributed by atoms with van der Waals surface area (Å²) >= 11 is 0. The van der Waals surface area contributed by atoms with Crippen molar-refractivity contribution in [2.75, 3.05) is 6.61 Å². The molecule has 0 saturated carbocycles. The Morgan fingerprint density at radius 2 is 1.87 bits per heavy atom. The van der Waals surface area contributed by atoms with Crippen LogP contribution in [0.4, 0.5) is 0 Å². The number of ether oxygens (including phenoxy) is 1. The molecule has 0 aliphatic carbocycles. The van der Waals surface area contributed by atoms with Crippen LogP contribution in [0.1, 0.15) is 27.2 Å². The standard InChI is InChI=1S/C13H26OSi/c1-11(8-15(5,6)7)12(2,3)9-13(4)10-14-13/h1,8-10H2,2-7H3. The van der Waals surface area contributed by atoms with Crippen LogP contribution in [0.3, 0.4) is 0 Å². The number of allylic oxidation sites excluding steroid dienone is 1. The SMILES string of the molecule is C=C(C[Si](C)(C)C)C(C)(C)CC1(C)CO1. The third kappa shape index (κ3) is 4.11. The Bertz CT molecular complexity index is 256. The molecule has 0 spiro atoms. The lowest BCUT2D eigenvalue weighted by atomic mass is 9.78. The van der Waals surface area contributed by atoms with E-state index in [2.05, 4.69) is 47.0 Å². The molecule has 1 nitrogen and oxygen atoms in total. The molecule has 88 valence electrons. The second-order valence-corrected chi connectivity index (χ2v) is 12.6. The van der Waals surface area contributed by atoms with Crippen molar-refractivity contribution in [1.29, 1.82) is 0 Å².